The van der Waals surface area contributed by atoms with Gasteiger partial charge in [0.15, 0.2) is 0 Å². The lowest BCUT2D eigenvalue weighted by molar-refractivity contribution is -0.128. The lowest BCUT2D eigenvalue weighted by Crippen LogP contribution is -2.38. The van der Waals surface area contributed by atoms with Crippen molar-refractivity contribution in [1.29, 1.82) is 0 Å². The molecule has 262 valence electrons. The van der Waals surface area contributed by atoms with Gasteiger partial charge in [0.1, 0.15) is 13.2 Å². The number of halogens is 1. The molecule has 0 aliphatic heterocycles. The minimum Gasteiger partial charge on any atom is -0.368 e. The highest BCUT2D eigenvalue weighted by Crippen LogP contribution is 2.17. The van der Waals surface area contributed by atoms with E-state index in [-0.39, 0.29) is 63.4 Å². The number of nitrogens with zero attached hydrogens (tertiary/aromatic N) is 1. The summed E-state index contributed by atoms with van der Waals surface area (Å²) in [6.07, 6.45) is 26.0. The fraction of sp³-hybridized carbons (Fsp3) is 0.944. The van der Waals surface area contributed by atoms with Crippen LogP contribution in [0.2, 0.25) is 0 Å². The molecule has 0 fully saturated rings. The highest BCUT2D eigenvalue weighted by atomic mass is 19.2. The van der Waals surface area contributed by atoms with Crippen molar-refractivity contribution in [2.45, 2.75) is 181 Å². The van der Waals surface area contributed by atoms with Crippen molar-refractivity contribution < 1.29 is 23.5 Å². The molecule has 0 rings (SSSR count). The Bertz CT molecular complexity index is 589. The molecule has 7 nitrogen and oxygen atoms in total. The summed E-state index contributed by atoms with van der Waals surface area (Å²) in [5.41, 5.74) is 0. The summed E-state index contributed by atoms with van der Waals surface area (Å²) in [6.45, 7) is 9.43. The number of ether oxygens (including phenoxy) is 2. The Hall–Kier alpha value is -1.25. The normalized spacial score (nSPS) is 12.9. The first-order valence-electron chi connectivity index (χ1n) is 18.6. The van der Waals surface area contributed by atoms with E-state index in [1.807, 2.05) is 0 Å². The van der Waals surface area contributed by atoms with Crippen LogP contribution in [-0.2, 0) is 19.1 Å². The van der Waals surface area contributed by atoms with Crippen LogP contribution in [-0.4, -0.2) is 68.5 Å². The van der Waals surface area contributed by atoms with Crippen molar-refractivity contribution in [3.63, 3.8) is 0 Å². The van der Waals surface area contributed by atoms with Crippen molar-refractivity contribution >= 4 is 11.8 Å². The Labute approximate surface area is 271 Å². The third-order valence-corrected chi connectivity index (χ3v) is 8.27. The van der Waals surface area contributed by atoms with Gasteiger partial charge in [-0.05, 0) is 25.7 Å². The van der Waals surface area contributed by atoms with Crippen molar-refractivity contribution in [1.82, 2.24) is 15.8 Å². The molecule has 0 aliphatic rings. The van der Waals surface area contributed by atoms with E-state index in [4.69, 9.17) is 9.47 Å². The lowest BCUT2D eigenvalue weighted by atomic mass is 10.0. The van der Waals surface area contributed by atoms with Gasteiger partial charge in [-0.2, -0.15) is 0 Å². The molecule has 2 atom stereocenters. The van der Waals surface area contributed by atoms with Gasteiger partial charge in [0.2, 0.25) is 11.8 Å². The summed E-state index contributed by atoms with van der Waals surface area (Å²) in [5, 5.41) is 6.15. The highest BCUT2D eigenvalue weighted by molar-refractivity contribution is 5.77. The summed E-state index contributed by atoms with van der Waals surface area (Å²) in [7, 11) is 0. The number of hydrogen-bond donors (Lipinski definition) is 2. The quantitative estimate of drug-likeness (QED) is 0.0549. The second-order valence-corrected chi connectivity index (χ2v) is 12.6. The van der Waals surface area contributed by atoms with Crippen LogP contribution >= 0.6 is 0 Å². The fourth-order valence-electron chi connectivity index (χ4n) is 5.40. The van der Waals surface area contributed by atoms with Crippen LogP contribution in [0, 0.1) is 0 Å². The second-order valence-electron chi connectivity index (χ2n) is 12.6. The Morgan fingerprint density at radius 3 is 1.14 bits per heavy atom. The topological polar surface area (TPSA) is 79.9 Å². The zero-order valence-electron chi connectivity index (χ0n) is 29.4. The molecular formula is C36H72FN3O4. The Morgan fingerprint density at radius 2 is 0.818 bits per heavy atom. The number of carbonyl (C=O) groups is 2. The predicted octanol–water partition coefficient (Wildman–Crippen LogP) is 8.84. The van der Waals surface area contributed by atoms with Crippen LogP contribution in [0.5, 0.6) is 0 Å². The Morgan fingerprint density at radius 1 is 0.523 bits per heavy atom. The van der Waals surface area contributed by atoms with Gasteiger partial charge in [-0.15, -0.1) is 9.60 Å². The van der Waals surface area contributed by atoms with Crippen molar-refractivity contribution in [2.24, 2.45) is 0 Å². The van der Waals surface area contributed by atoms with Gasteiger partial charge in [-0.3, -0.25) is 9.59 Å². The Kier molecular flexibility index (Phi) is 32.2. The van der Waals surface area contributed by atoms with Crippen LogP contribution in [0.15, 0.2) is 0 Å². The molecule has 0 aromatic rings. The molecule has 0 saturated heterocycles. The summed E-state index contributed by atoms with van der Waals surface area (Å²) in [5.74, 6) is -0.411. The molecule has 2 unspecified atom stereocenters. The predicted molar refractivity (Wildman–Crippen MR) is 182 cm³/mol. The summed E-state index contributed by atoms with van der Waals surface area (Å²) < 4.78 is 26.2. The van der Waals surface area contributed by atoms with E-state index in [9.17, 15) is 14.1 Å². The standard InChI is InChI=1S/C36H72FN3O4/c1-5-9-13-17-21-25-33(23-19-15-11-7-3)43-31-35(41)38-27-29-40(37)30-28-39-36(42)32-44-34(24-20-16-12-8-4)26-22-18-14-10-6-2/h33-34H,5-32H2,1-4H3,(H,38,41)(H,39,42). The molecule has 8 heteroatoms. The maximum Gasteiger partial charge on any atom is 0.246 e. The molecule has 0 saturated carbocycles. The monoisotopic (exact) mass is 630 g/mol. The number of unbranched alkanes of at least 4 members (excludes halogenated alkanes) is 14. The van der Waals surface area contributed by atoms with E-state index in [2.05, 4.69) is 38.3 Å². The number of hydrogen-bond acceptors (Lipinski definition) is 5. The van der Waals surface area contributed by atoms with Gasteiger partial charge in [-0.25, -0.2) is 0 Å². The smallest absolute Gasteiger partial charge is 0.246 e. The first kappa shape index (κ1) is 42.8. The van der Waals surface area contributed by atoms with Crippen molar-refractivity contribution in [3.05, 3.63) is 0 Å². The van der Waals surface area contributed by atoms with E-state index >= 15 is 0 Å². The number of carbonyl (C=O) groups excluding carboxylic acids is 2. The second kappa shape index (κ2) is 33.1. The third kappa shape index (κ3) is 29.5. The fourth-order valence-corrected chi connectivity index (χ4v) is 5.40. The number of nitrogens with one attached hydrogen (secondary N) is 2. The summed E-state index contributed by atoms with van der Waals surface area (Å²) in [6, 6.07) is 0. The van der Waals surface area contributed by atoms with Crippen molar-refractivity contribution in [3.8, 4) is 0 Å². The van der Waals surface area contributed by atoms with E-state index in [0.717, 1.165) is 51.4 Å². The van der Waals surface area contributed by atoms with Crippen LogP contribution in [0.1, 0.15) is 169 Å². The zero-order valence-corrected chi connectivity index (χ0v) is 29.4. The van der Waals surface area contributed by atoms with Gasteiger partial charge in [0, 0.05) is 26.2 Å². The van der Waals surface area contributed by atoms with Gasteiger partial charge in [-0.1, -0.05) is 143 Å². The SMILES string of the molecule is CCCCCCCC(CCCCCC)OCC(=O)NCCN(F)CCNC(=O)COC(CCCCCC)CCCCCCC. The average Bonchev–Trinajstić information content (AvgIpc) is 3.01. The zero-order chi connectivity index (χ0) is 32.5. The van der Waals surface area contributed by atoms with Crippen LogP contribution in [0.25, 0.3) is 0 Å². The Balaban J connectivity index is 4.18. The molecule has 0 aromatic heterocycles. The number of amides is 2. The van der Waals surface area contributed by atoms with Gasteiger partial charge in [0.05, 0.1) is 12.2 Å². The summed E-state index contributed by atoms with van der Waals surface area (Å²) in [4.78, 5) is 24.6. The van der Waals surface area contributed by atoms with Crippen LogP contribution in [0.3, 0.4) is 0 Å². The maximum atomic E-state index is 14.3. The summed E-state index contributed by atoms with van der Waals surface area (Å²) >= 11 is 0. The largest absolute Gasteiger partial charge is 0.368 e. The minimum absolute atomic E-state index is 0.0219. The first-order chi connectivity index (χ1) is 21.5. The van der Waals surface area contributed by atoms with Crippen molar-refractivity contribution in [2.75, 3.05) is 39.4 Å². The molecule has 2 N–H and O–H groups in total. The average molecular weight is 630 g/mol. The minimum atomic E-state index is -0.206. The lowest BCUT2D eigenvalue weighted by Gasteiger charge is -2.19. The molecule has 0 bridgehead atoms. The molecule has 0 aliphatic carbocycles. The van der Waals surface area contributed by atoms with E-state index < -0.39 is 0 Å². The molecular weight excluding hydrogens is 557 g/mol. The molecule has 2 amide bonds. The van der Waals surface area contributed by atoms with Gasteiger partial charge < -0.3 is 20.1 Å². The highest BCUT2D eigenvalue weighted by Gasteiger charge is 2.14. The third-order valence-electron chi connectivity index (χ3n) is 8.27. The van der Waals surface area contributed by atoms with Gasteiger partial charge >= 0.3 is 0 Å². The van der Waals surface area contributed by atoms with Crippen LogP contribution in [0.4, 0.5) is 4.48 Å². The van der Waals surface area contributed by atoms with E-state index in [1.54, 1.807) is 0 Å². The van der Waals surface area contributed by atoms with E-state index in [0.29, 0.717) is 5.12 Å². The molecule has 0 spiro atoms. The molecule has 0 aromatic carbocycles. The molecule has 0 radical (unpaired) electrons. The first-order valence-corrected chi connectivity index (χ1v) is 18.6. The molecule has 44 heavy (non-hydrogen) atoms. The number of rotatable bonds is 34. The van der Waals surface area contributed by atoms with E-state index in [1.165, 1.54) is 89.9 Å². The van der Waals surface area contributed by atoms with Gasteiger partial charge in [0.25, 0.3) is 0 Å². The maximum absolute atomic E-state index is 14.3. The molecule has 0 heterocycles. The van der Waals surface area contributed by atoms with Crippen LogP contribution < -0.4 is 10.6 Å².